The number of benzene rings is 3. The monoisotopic (exact) mass is 415 g/mol. The highest BCUT2D eigenvalue weighted by Crippen LogP contribution is 2.47. The SMILES string of the molecule is N#Cc1c(N2CCCCC2)cc(-c2ccc(-n3cccc3)cc2)c2c1Cc1ccccc1-2. The van der Waals surface area contributed by atoms with E-state index in [-0.39, 0.29) is 0 Å². The topological polar surface area (TPSA) is 32.0 Å². The second-order valence-electron chi connectivity index (χ2n) is 8.80. The van der Waals surface area contributed by atoms with E-state index >= 15 is 0 Å². The lowest BCUT2D eigenvalue weighted by Crippen LogP contribution is -2.30. The Morgan fingerprint density at radius 3 is 2.28 bits per heavy atom. The molecule has 0 radical (unpaired) electrons. The second-order valence-corrected chi connectivity index (χ2v) is 8.80. The molecule has 0 saturated carbocycles. The maximum absolute atomic E-state index is 10.2. The van der Waals surface area contributed by atoms with Crippen LogP contribution in [0.25, 0.3) is 27.9 Å². The average Bonchev–Trinajstić information content (AvgIpc) is 3.52. The summed E-state index contributed by atoms with van der Waals surface area (Å²) in [5.74, 6) is 0. The second kappa shape index (κ2) is 7.73. The highest BCUT2D eigenvalue weighted by atomic mass is 15.1. The van der Waals surface area contributed by atoms with Gasteiger partial charge in [-0.2, -0.15) is 5.26 Å². The molecule has 0 amide bonds. The van der Waals surface area contributed by atoms with E-state index < -0.39 is 0 Å². The highest BCUT2D eigenvalue weighted by molar-refractivity contribution is 5.95. The third kappa shape index (κ3) is 3.03. The molecule has 0 N–H and O–H groups in total. The summed E-state index contributed by atoms with van der Waals surface area (Å²) in [6.07, 6.45) is 8.65. The van der Waals surface area contributed by atoms with Crippen LogP contribution in [0.15, 0.2) is 79.1 Å². The zero-order valence-corrected chi connectivity index (χ0v) is 18.1. The molecule has 2 heterocycles. The Balaban J connectivity index is 1.55. The summed E-state index contributed by atoms with van der Waals surface area (Å²) in [7, 11) is 0. The largest absolute Gasteiger partial charge is 0.370 e. The molecule has 1 aliphatic heterocycles. The molecule has 1 aliphatic carbocycles. The van der Waals surface area contributed by atoms with E-state index in [1.165, 1.54) is 52.6 Å². The number of hydrogen-bond donors (Lipinski definition) is 0. The van der Waals surface area contributed by atoms with Crippen LogP contribution in [0.5, 0.6) is 0 Å². The van der Waals surface area contributed by atoms with Crippen molar-refractivity contribution < 1.29 is 0 Å². The molecule has 2 aliphatic rings. The maximum atomic E-state index is 10.2. The number of rotatable bonds is 3. The molecule has 1 saturated heterocycles. The van der Waals surface area contributed by atoms with Gasteiger partial charge in [-0.25, -0.2) is 0 Å². The Kier molecular flexibility index (Phi) is 4.58. The van der Waals surface area contributed by atoms with Gasteiger partial charge in [-0.05, 0) is 83.0 Å². The molecule has 32 heavy (non-hydrogen) atoms. The smallest absolute Gasteiger partial charge is 0.102 e. The van der Waals surface area contributed by atoms with Crippen molar-refractivity contribution in [1.82, 2.24) is 4.57 Å². The van der Waals surface area contributed by atoms with E-state index in [9.17, 15) is 5.26 Å². The van der Waals surface area contributed by atoms with Crippen LogP contribution in [0, 0.1) is 11.3 Å². The number of nitriles is 1. The van der Waals surface area contributed by atoms with Crippen LogP contribution in [0.1, 0.15) is 36.0 Å². The minimum atomic E-state index is 0.838. The van der Waals surface area contributed by atoms with Gasteiger partial charge in [0.05, 0.1) is 11.3 Å². The molecule has 3 heteroatoms. The summed E-state index contributed by atoms with van der Waals surface area (Å²) in [5.41, 5.74) is 10.6. The number of anilines is 1. The van der Waals surface area contributed by atoms with Gasteiger partial charge in [0, 0.05) is 37.6 Å². The zero-order valence-electron chi connectivity index (χ0n) is 18.1. The van der Waals surface area contributed by atoms with E-state index in [0.717, 1.165) is 36.4 Å². The van der Waals surface area contributed by atoms with Gasteiger partial charge in [0.15, 0.2) is 0 Å². The molecule has 6 rings (SSSR count). The number of piperidine rings is 1. The van der Waals surface area contributed by atoms with Gasteiger partial charge in [0.25, 0.3) is 0 Å². The molecular formula is C29H25N3. The Bertz CT molecular complexity index is 1320. The summed E-state index contributed by atoms with van der Waals surface area (Å²) in [5, 5.41) is 10.2. The van der Waals surface area contributed by atoms with Gasteiger partial charge in [-0.15, -0.1) is 0 Å². The van der Waals surface area contributed by atoms with Crippen LogP contribution in [0.2, 0.25) is 0 Å². The third-order valence-electron chi connectivity index (χ3n) is 6.95. The third-order valence-corrected chi connectivity index (χ3v) is 6.95. The average molecular weight is 416 g/mol. The molecule has 3 nitrogen and oxygen atoms in total. The summed E-state index contributed by atoms with van der Waals surface area (Å²) in [6.45, 7) is 2.07. The van der Waals surface area contributed by atoms with Gasteiger partial charge < -0.3 is 9.47 Å². The fraction of sp³-hybridized carbons (Fsp3) is 0.207. The van der Waals surface area contributed by atoms with E-state index in [0.29, 0.717) is 0 Å². The van der Waals surface area contributed by atoms with E-state index in [4.69, 9.17) is 0 Å². The van der Waals surface area contributed by atoms with Crippen molar-refractivity contribution in [2.75, 3.05) is 18.0 Å². The van der Waals surface area contributed by atoms with Crippen molar-refractivity contribution in [3.63, 3.8) is 0 Å². The molecule has 0 spiro atoms. The van der Waals surface area contributed by atoms with Gasteiger partial charge in [-0.3, -0.25) is 0 Å². The van der Waals surface area contributed by atoms with Crippen molar-refractivity contribution in [3.8, 4) is 34.0 Å². The molecule has 4 aromatic rings. The van der Waals surface area contributed by atoms with Crippen molar-refractivity contribution >= 4 is 5.69 Å². The van der Waals surface area contributed by atoms with Crippen molar-refractivity contribution in [3.05, 3.63) is 95.8 Å². The van der Waals surface area contributed by atoms with Crippen LogP contribution in [0.4, 0.5) is 5.69 Å². The summed E-state index contributed by atoms with van der Waals surface area (Å²) < 4.78 is 2.13. The number of hydrogen-bond acceptors (Lipinski definition) is 2. The summed E-state index contributed by atoms with van der Waals surface area (Å²) >= 11 is 0. The predicted octanol–water partition coefficient (Wildman–Crippen LogP) is 6.58. The summed E-state index contributed by atoms with van der Waals surface area (Å²) in [4.78, 5) is 2.43. The molecule has 0 unspecified atom stereocenters. The Morgan fingerprint density at radius 1 is 0.781 bits per heavy atom. The quantitative estimate of drug-likeness (QED) is 0.333. The first-order chi connectivity index (χ1) is 15.8. The van der Waals surface area contributed by atoms with Crippen molar-refractivity contribution in [1.29, 1.82) is 5.26 Å². The van der Waals surface area contributed by atoms with Gasteiger partial charge >= 0.3 is 0 Å². The first-order valence-corrected chi connectivity index (χ1v) is 11.5. The van der Waals surface area contributed by atoms with Crippen LogP contribution >= 0.6 is 0 Å². The summed E-state index contributed by atoms with van der Waals surface area (Å²) in [6, 6.07) is 26.4. The first-order valence-electron chi connectivity index (χ1n) is 11.5. The van der Waals surface area contributed by atoms with Crippen LogP contribution in [-0.4, -0.2) is 17.7 Å². The highest BCUT2D eigenvalue weighted by Gasteiger charge is 2.29. The van der Waals surface area contributed by atoms with Crippen molar-refractivity contribution in [2.45, 2.75) is 25.7 Å². The van der Waals surface area contributed by atoms with Crippen LogP contribution in [-0.2, 0) is 6.42 Å². The standard InChI is InChI=1S/C29H25N3/c30-20-27-26-18-22-8-2-3-9-24(22)29(26)25(19-28(27)32-16-4-1-5-17-32)21-10-12-23(13-11-21)31-14-6-7-15-31/h2-3,6-15,19H,1,4-5,16-18H2. The number of fused-ring (bicyclic) bond motifs is 3. The lowest BCUT2D eigenvalue weighted by atomic mass is 9.89. The fourth-order valence-corrected chi connectivity index (χ4v) is 5.37. The zero-order chi connectivity index (χ0) is 21.5. The predicted molar refractivity (Wildman–Crippen MR) is 130 cm³/mol. The van der Waals surface area contributed by atoms with E-state index in [2.05, 4.69) is 82.5 Å². The molecule has 3 aromatic carbocycles. The Morgan fingerprint density at radius 2 is 1.53 bits per heavy atom. The van der Waals surface area contributed by atoms with Crippen LogP contribution in [0.3, 0.4) is 0 Å². The minimum Gasteiger partial charge on any atom is -0.370 e. The molecule has 156 valence electrons. The Labute approximate surface area is 189 Å². The maximum Gasteiger partial charge on any atom is 0.102 e. The fourth-order valence-electron chi connectivity index (χ4n) is 5.37. The first kappa shape index (κ1) is 19.0. The van der Waals surface area contributed by atoms with Gasteiger partial charge in [0.1, 0.15) is 6.07 Å². The molecule has 0 atom stereocenters. The lowest BCUT2D eigenvalue weighted by Gasteiger charge is -2.31. The van der Waals surface area contributed by atoms with Crippen molar-refractivity contribution in [2.24, 2.45) is 0 Å². The minimum absolute atomic E-state index is 0.838. The molecule has 1 aromatic heterocycles. The molecular weight excluding hydrogens is 390 g/mol. The molecule has 1 fully saturated rings. The lowest BCUT2D eigenvalue weighted by molar-refractivity contribution is 0.577. The van der Waals surface area contributed by atoms with Crippen LogP contribution < -0.4 is 4.90 Å². The molecule has 0 bridgehead atoms. The van der Waals surface area contributed by atoms with Gasteiger partial charge in [-0.1, -0.05) is 36.4 Å². The number of nitrogens with zero attached hydrogens (tertiary/aromatic N) is 3. The Hall–Kier alpha value is -3.77. The van der Waals surface area contributed by atoms with Gasteiger partial charge in [0.2, 0.25) is 0 Å². The number of aromatic nitrogens is 1. The van der Waals surface area contributed by atoms with E-state index in [1.54, 1.807) is 0 Å². The van der Waals surface area contributed by atoms with E-state index in [1.807, 2.05) is 12.1 Å². The normalized spacial score (nSPS) is 14.7.